The van der Waals surface area contributed by atoms with Crippen molar-refractivity contribution in [1.29, 1.82) is 0 Å². The van der Waals surface area contributed by atoms with Gasteiger partial charge < -0.3 is 14.3 Å². The Morgan fingerprint density at radius 3 is 2.40 bits per heavy atom. The number of nitrogens with one attached hydrogen (secondary N) is 1. The van der Waals surface area contributed by atoms with Crippen LogP contribution in [-0.2, 0) is 20.7 Å². The molecule has 0 spiro atoms. The SMILES string of the molecule is CC(C)(C)OC(=O)NN1C(=O)O[C@@H]2ON=C(c3ccccc3)[C@@]21Cc1ccccc1. The van der Waals surface area contributed by atoms with Crippen LogP contribution in [0.15, 0.2) is 65.8 Å². The lowest BCUT2D eigenvalue weighted by molar-refractivity contribution is -0.0901. The number of hydrogen-bond acceptors (Lipinski definition) is 6. The Hall–Kier alpha value is -3.55. The summed E-state index contributed by atoms with van der Waals surface area (Å²) in [6.07, 6.45) is -2.22. The molecule has 4 rings (SSSR count). The van der Waals surface area contributed by atoms with Crippen LogP contribution >= 0.6 is 0 Å². The molecule has 156 valence electrons. The van der Waals surface area contributed by atoms with Crippen molar-refractivity contribution in [2.24, 2.45) is 5.16 Å². The van der Waals surface area contributed by atoms with Gasteiger partial charge in [0.1, 0.15) is 11.3 Å². The Morgan fingerprint density at radius 1 is 1.13 bits per heavy atom. The maximum Gasteiger partial charge on any atom is 0.433 e. The zero-order valence-corrected chi connectivity index (χ0v) is 17.0. The molecule has 2 amide bonds. The van der Waals surface area contributed by atoms with Crippen molar-refractivity contribution in [1.82, 2.24) is 10.4 Å². The van der Waals surface area contributed by atoms with Crippen LogP contribution in [0.25, 0.3) is 0 Å². The van der Waals surface area contributed by atoms with E-state index in [1.165, 1.54) is 0 Å². The highest BCUT2D eigenvalue weighted by atomic mass is 16.8. The van der Waals surface area contributed by atoms with Crippen LogP contribution in [0.1, 0.15) is 31.9 Å². The lowest BCUT2D eigenvalue weighted by Gasteiger charge is -2.34. The third-order valence-corrected chi connectivity index (χ3v) is 4.79. The Balaban J connectivity index is 1.76. The summed E-state index contributed by atoms with van der Waals surface area (Å²) in [5, 5.41) is 5.37. The summed E-state index contributed by atoms with van der Waals surface area (Å²) in [5.41, 5.74) is 2.78. The van der Waals surface area contributed by atoms with Gasteiger partial charge in [0.2, 0.25) is 0 Å². The van der Waals surface area contributed by atoms with Crippen molar-refractivity contribution in [3.63, 3.8) is 0 Å². The van der Waals surface area contributed by atoms with Crippen molar-refractivity contribution in [2.75, 3.05) is 0 Å². The van der Waals surface area contributed by atoms with Gasteiger partial charge in [0, 0.05) is 12.0 Å². The molecule has 8 nitrogen and oxygen atoms in total. The minimum Gasteiger partial charge on any atom is -0.443 e. The summed E-state index contributed by atoms with van der Waals surface area (Å²) in [6, 6.07) is 18.9. The largest absolute Gasteiger partial charge is 0.443 e. The maximum absolute atomic E-state index is 12.8. The molecule has 2 aliphatic heterocycles. The average Bonchev–Trinajstić information content (AvgIpc) is 3.16. The second-order valence-corrected chi connectivity index (χ2v) is 8.16. The first-order valence-corrected chi connectivity index (χ1v) is 9.64. The topological polar surface area (TPSA) is 89.5 Å². The van der Waals surface area contributed by atoms with Gasteiger partial charge in [0.05, 0.1) is 0 Å². The number of carbonyl (C=O) groups is 2. The molecule has 2 atom stereocenters. The summed E-state index contributed by atoms with van der Waals surface area (Å²) in [6.45, 7) is 5.23. The quantitative estimate of drug-likeness (QED) is 0.833. The smallest absolute Gasteiger partial charge is 0.433 e. The fourth-order valence-corrected chi connectivity index (χ4v) is 3.61. The number of hydrogen-bond donors (Lipinski definition) is 1. The molecule has 2 aromatic carbocycles. The first-order valence-electron chi connectivity index (χ1n) is 9.64. The van der Waals surface area contributed by atoms with Gasteiger partial charge in [-0.2, -0.15) is 5.01 Å². The van der Waals surface area contributed by atoms with Gasteiger partial charge in [-0.3, -0.25) is 0 Å². The Morgan fingerprint density at radius 2 is 1.77 bits per heavy atom. The molecule has 0 radical (unpaired) electrons. The highest BCUT2D eigenvalue weighted by Crippen LogP contribution is 2.41. The molecule has 8 heteroatoms. The van der Waals surface area contributed by atoms with Gasteiger partial charge >= 0.3 is 18.5 Å². The molecule has 0 aromatic heterocycles. The van der Waals surface area contributed by atoms with Crippen LogP contribution in [-0.4, -0.2) is 40.3 Å². The molecule has 1 fully saturated rings. The molecule has 1 saturated heterocycles. The Bertz CT molecular complexity index is 971. The summed E-state index contributed by atoms with van der Waals surface area (Å²) in [5.74, 6) is 0. The van der Waals surface area contributed by atoms with E-state index in [1.807, 2.05) is 60.7 Å². The van der Waals surface area contributed by atoms with Gasteiger partial charge in [-0.15, -0.1) is 0 Å². The van der Waals surface area contributed by atoms with Gasteiger partial charge in [0.25, 0.3) is 0 Å². The molecule has 30 heavy (non-hydrogen) atoms. The molecular formula is C22H23N3O5. The summed E-state index contributed by atoms with van der Waals surface area (Å²) in [4.78, 5) is 30.8. The monoisotopic (exact) mass is 409 g/mol. The van der Waals surface area contributed by atoms with Crippen LogP contribution in [0.4, 0.5) is 9.59 Å². The van der Waals surface area contributed by atoms with Crippen LogP contribution in [0, 0.1) is 0 Å². The van der Waals surface area contributed by atoms with Crippen molar-refractivity contribution < 1.29 is 23.9 Å². The predicted molar refractivity (Wildman–Crippen MR) is 108 cm³/mol. The number of rotatable bonds is 4. The van der Waals surface area contributed by atoms with Gasteiger partial charge in [0.15, 0.2) is 5.54 Å². The second kappa shape index (κ2) is 7.37. The Kier molecular flexibility index (Phi) is 4.85. The number of oxime groups is 1. The normalized spacial score (nSPS) is 22.6. The number of amides is 2. The van der Waals surface area contributed by atoms with E-state index in [0.29, 0.717) is 12.1 Å². The lowest BCUT2D eigenvalue weighted by Crippen LogP contribution is -2.63. The van der Waals surface area contributed by atoms with Gasteiger partial charge in [-0.05, 0) is 26.3 Å². The predicted octanol–water partition coefficient (Wildman–Crippen LogP) is 3.62. The van der Waals surface area contributed by atoms with E-state index in [9.17, 15) is 9.59 Å². The zero-order valence-electron chi connectivity index (χ0n) is 17.0. The highest BCUT2D eigenvalue weighted by molar-refractivity contribution is 6.10. The molecule has 1 N–H and O–H groups in total. The number of hydrazine groups is 1. The van der Waals surface area contributed by atoms with E-state index in [-0.39, 0.29) is 0 Å². The number of ether oxygens (including phenoxy) is 2. The minimum atomic E-state index is -1.20. The van der Waals surface area contributed by atoms with Crippen LogP contribution in [0.3, 0.4) is 0 Å². The molecule has 0 aliphatic carbocycles. The summed E-state index contributed by atoms with van der Waals surface area (Å²) >= 11 is 0. The summed E-state index contributed by atoms with van der Waals surface area (Å²) < 4.78 is 10.8. The standard InChI is InChI=1S/C22H23N3O5/c1-21(2,3)29-19(26)23-25-20(27)28-18-22(25,14-15-10-6-4-7-11-15)17(24-30-18)16-12-8-5-9-13-16/h4-13,18H,14H2,1-3H3,(H,23,26)/t18-,22+/m1/s1. The Labute approximate surface area is 174 Å². The number of nitrogens with zero attached hydrogens (tertiary/aromatic N) is 2. The minimum absolute atomic E-state index is 0.313. The van der Waals surface area contributed by atoms with E-state index >= 15 is 0 Å². The van der Waals surface area contributed by atoms with Crippen molar-refractivity contribution in [3.8, 4) is 0 Å². The molecule has 0 unspecified atom stereocenters. The average molecular weight is 409 g/mol. The molecule has 2 aromatic rings. The van der Waals surface area contributed by atoms with E-state index < -0.39 is 29.6 Å². The third-order valence-electron chi connectivity index (χ3n) is 4.79. The number of fused-ring (bicyclic) bond motifs is 1. The number of carbonyl (C=O) groups excluding carboxylic acids is 2. The zero-order chi connectivity index (χ0) is 21.4. The van der Waals surface area contributed by atoms with Crippen molar-refractivity contribution in [3.05, 3.63) is 71.8 Å². The first-order chi connectivity index (χ1) is 14.3. The van der Waals surface area contributed by atoms with Crippen LogP contribution in [0.2, 0.25) is 0 Å². The van der Waals surface area contributed by atoms with Crippen molar-refractivity contribution >= 4 is 17.9 Å². The summed E-state index contributed by atoms with van der Waals surface area (Å²) in [7, 11) is 0. The van der Waals surface area contributed by atoms with E-state index in [2.05, 4.69) is 10.6 Å². The molecule has 0 saturated carbocycles. The van der Waals surface area contributed by atoms with E-state index in [4.69, 9.17) is 14.3 Å². The lowest BCUT2D eigenvalue weighted by atomic mass is 9.82. The maximum atomic E-state index is 12.8. The van der Waals surface area contributed by atoms with E-state index in [1.54, 1.807) is 20.8 Å². The highest BCUT2D eigenvalue weighted by Gasteiger charge is 2.65. The molecule has 2 heterocycles. The molecular weight excluding hydrogens is 386 g/mol. The fraction of sp³-hybridized carbons (Fsp3) is 0.318. The fourth-order valence-electron chi connectivity index (χ4n) is 3.61. The molecule has 0 bridgehead atoms. The third kappa shape index (κ3) is 3.56. The van der Waals surface area contributed by atoms with Crippen molar-refractivity contribution in [2.45, 2.75) is 44.6 Å². The van der Waals surface area contributed by atoms with Crippen LogP contribution < -0.4 is 5.43 Å². The number of benzene rings is 2. The second-order valence-electron chi connectivity index (χ2n) is 8.16. The van der Waals surface area contributed by atoms with E-state index in [0.717, 1.165) is 16.1 Å². The van der Waals surface area contributed by atoms with Gasteiger partial charge in [-0.25, -0.2) is 15.0 Å². The first kappa shape index (κ1) is 19.8. The molecule has 2 aliphatic rings. The van der Waals surface area contributed by atoms with Gasteiger partial charge in [-0.1, -0.05) is 65.8 Å². The van der Waals surface area contributed by atoms with Crippen LogP contribution in [0.5, 0.6) is 0 Å².